The van der Waals surface area contributed by atoms with Crippen LogP contribution in [0.1, 0.15) is 20.9 Å². The van der Waals surface area contributed by atoms with E-state index in [9.17, 15) is 18.0 Å². The van der Waals surface area contributed by atoms with Gasteiger partial charge in [0.25, 0.3) is 0 Å². The van der Waals surface area contributed by atoms with E-state index in [1.807, 2.05) is 0 Å². The van der Waals surface area contributed by atoms with Gasteiger partial charge in [-0.3, -0.25) is 0 Å². The van der Waals surface area contributed by atoms with E-state index in [0.29, 0.717) is 0 Å². The number of aromatic carboxylic acids is 1. The summed E-state index contributed by atoms with van der Waals surface area (Å²) in [6.07, 6.45) is -4.46. The van der Waals surface area contributed by atoms with Gasteiger partial charge in [0.05, 0.1) is 17.9 Å². The Kier molecular flexibility index (Phi) is 4.29. The summed E-state index contributed by atoms with van der Waals surface area (Å²) < 4.78 is 42.9. The van der Waals surface area contributed by atoms with Crippen LogP contribution in [0.4, 0.5) is 13.2 Å². The maximum absolute atomic E-state index is 12.7. The molecule has 1 aromatic heterocycles. The third kappa shape index (κ3) is 3.40. The number of benzene rings is 1. The SMILES string of the molecule is COCc1nc(-c2cccc(C(F)(F)F)c2)sc1C(=O)O. The number of nitrogens with zero attached hydrogens (tertiary/aromatic N) is 1. The van der Waals surface area contributed by atoms with Gasteiger partial charge in [-0.25, -0.2) is 9.78 Å². The highest BCUT2D eigenvalue weighted by molar-refractivity contribution is 7.17. The van der Waals surface area contributed by atoms with Crippen LogP contribution in [0.15, 0.2) is 24.3 Å². The van der Waals surface area contributed by atoms with Gasteiger partial charge in [0.2, 0.25) is 0 Å². The van der Waals surface area contributed by atoms with Crippen molar-refractivity contribution in [3.05, 3.63) is 40.4 Å². The number of hydrogen-bond acceptors (Lipinski definition) is 4. The van der Waals surface area contributed by atoms with Gasteiger partial charge in [-0.15, -0.1) is 11.3 Å². The summed E-state index contributed by atoms with van der Waals surface area (Å²) in [4.78, 5) is 15.1. The molecule has 0 saturated heterocycles. The number of carbonyl (C=O) groups is 1. The van der Waals surface area contributed by atoms with Gasteiger partial charge < -0.3 is 9.84 Å². The minimum atomic E-state index is -4.46. The predicted molar refractivity (Wildman–Crippen MR) is 70.2 cm³/mol. The highest BCUT2D eigenvalue weighted by Gasteiger charge is 2.30. The first-order valence-corrected chi connectivity index (χ1v) is 6.54. The Bertz CT molecular complexity index is 667. The zero-order valence-electron chi connectivity index (χ0n) is 10.8. The van der Waals surface area contributed by atoms with Crippen LogP contribution in [0.3, 0.4) is 0 Å². The normalized spacial score (nSPS) is 11.6. The lowest BCUT2D eigenvalue weighted by Gasteiger charge is -2.07. The Morgan fingerprint density at radius 3 is 2.71 bits per heavy atom. The average molecular weight is 317 g/mol. The zero-order valence-corrected chi connectivity index (χ0v) is 11.6. The summed E-state index contributed by atoms with van der Waals surface area (Å²) in [5, 5.41) is 9.28. The number of hydrogen-bond donors (Lipinski definition) is 1. The maximum atomic E-state index is 12.7. The minimum Gasteiger partial charge on any atom is -0.477 e. The van der Waals surface area contributed by atoms with Gasteiger partial charge >= 0.3 is 12.1 Å². The summed E-state index contributed by atoms with van der Waals surface area (Å²) in [6, 6.07) is 4.61. The summed E-state index contributed by atoms with van der Waals surface area (Å²) in [5.74, 6) is -1.18. The second-order valence-electron chi connectivity index (χ2n) is 4.11. The van der Waals surface area contributed by atoms with Gasteiger partial charge in [-0.05, 0) is 12.1 Å². The van der Waals surface area contributed by atoms with Crippen LogP contribution in [-0.2, 0) is 17.5 Å². The van der Waals surface area contributed by atoms with Crippen molar-refractivity contribution in [2.45, 2.75) is 12.8 Å². The molecule has 0 aliphatic heterocycles. The molecule has 1 aromatic carbocycles. The molecule has 8 heteroatoms. The van der Waals surface area contributed by atoms with Crippen molar-refractivity contribution in [2.75, 3.05) is 7.11 Å². The molecule has 112 valence electrons. The van der Waals surface area contributed by atoms with Crippen LogP contribution in [-0.4, -0.2) is 23.2 Å². The van der Waals surface area contributed by atoms with Gasteiger partial charge in [-0.1, -0.05) is 12.1 Å². The van der Waals surface area contributed by atoms with Crippen LogP contribution in [0.5, 0.6) is 0 Å². The smallest absolute Gasteiger partial charge is 0.416 e. The molecule has 0 saturated carbocycles. The molecular formula is C13H10F3NO3S. The topological polar surface area (TPSA) is 59.4 Å². The first-order valence-electron chi connectivity index (χ1n) is 5.72. The molecule has 0 bridgehead atoms. The van der Waals surface area contributed by atoms with Crippen LogP contribution < -0.4 is 0 Å². The molecule has 0 spiro atoms. The second kappa shape index (κ2) is 5.82. The Morgan fingerprint density at radius 2 is 2.14 bits per heavy atom. The third-order valence-corrected chi connectivity index (χ3v) is 3.74. The molecule has 0 unspecified atom stereocenters. The minimum absolute atomic E-state index is 0.0168. The molecule has 0 radical (unpaired) electrons. The van der Waals surface area contributed by atoms with Gasteiger partial charge in [-0.2, -0.15) is 13.2 Å². The van der Waals surface area contributed by atoms with E-state index in [1.165, 1.54) is 19.2 Å². The second-order valence-corrected chi connectivity index (χ2v) is 5.11. The number of rotatable bonds is 4. The van der Waals surface area contributed by atoms with E-state index in [2.05, 4.69) is 4.98 Å². The number of carboxylic acid groups (broad SMARTS) is 1. The molecule has 21 heavy (non-hydrogen) atoms. The van der Waals surface area contributed by atoms with Crippen molar-refractivity contribution < 1.29 is 27.8 Å². The number of aromatic nitrogens is 1. The Balaban J connectivity index is 2.47. The van der Waals surface area contributed by atoms with E-state index in [4.69, 9.17) is 9.84 Å². The number of methoxy groups -OCH3 is 1. The number of halogens is 3. The van der Waals surface area contributed by atoms with Gasteiger partial charge in [0.15, 0.2) is 0 Å². The lowest BCUT2D eigenvalue weighted by molar-refractivity contribution is -0.137. The number of ether oxygens (including phenoxy) is 1. The largest absolute Gasteiger partial charge is 0.477 e. The van der Waals surface area contributed by atoms with E-state index in [0.717, 1.165) is 23.5 Å². The predicted octanol–water partition coefficient (Wildman–Crippen LogP) is 3.67. The molecule has 0 aliphatic rings. The summed E-state index contributed by atoms with van der Waals surface area (Å²) in [6.45, 7) is -0.0168. The van der Waals surface area contributed by atoms with Crippen LogP contribution >= 0.6 is 11.3 Å². The van der Waals surface area contributed by atoms with Crippen molar-refractivity contribution in [2.24, 2.45) is 0 Å². The van der Waals surface area contributed by atoms with E-state index in [-0.39, 0.29) is 27.7 Å². The Labute approximate surface area is 121 Å². The van der Waals surface area contributed by atoms with Crippen molar-refractivity contribution in [1.29, 1.82) is 0 Å². The van der Waals surface area contributed by atoms with Crippen molar-refractivity contribution in [3.8, 4) is 10.6 Å². The highest BCUT2D eigenvalue weighted by Crippen LogP contribution is 2.34. The third-order valence-electron chi connectivity index (χ3n) is 2.61. The molecule has 4 nitrogen and oxygen atoms in total. The first kappa shape index (κ1) is 15.5. The standard InChI is InChI=1S/C13H10F3NO3S/c1-20-6-9-10(12(18)19)21-11(17-9)7-3-2-4-8(5-7)13(14,15)16/h2-5H,6H2,1H3,(H,18,19). The van der Waals surface area contributed by atoms with Gasteiger partial charge in [0, 0.05) is 12.7 Å². The average Bonchev–Trinajstić information content (AvgIpc) is 2.83. The fourth-order valence-corrected chi connectivity index (χ4v) is 2.61. The lowest BCUT2D eigenvalue weighted by Crippen LogP contribution is -2.04. The summed E-state index contributed by atoms with van der Waals surface area (Å²) in [7, 11) is 1.38. The van der Waals surface area contributed by atoms with Crippen LogP contribution in [0.25, 0.3) is 10.6 Å². The van der Waals surface area contributed by atoms with E-state index in [1.54, 1.807) is 0 Å². The molecule has 1 heterocycles. The summed E-state index contributed by atoms with van der Waals surface area (Å²) in [5.41, 5.74) is -0.387. The molecule has 0 fully saturated rings. The lowest BCUT2D eigenvalue weighted by atomic mass is 10.1. The first-order chi connectivity index (χ1) is 9.82. The molecule has 2 aromatic rings. The molecule has 0 atom stereocenters. The molecule has 0 aliphatic carbocycles. The Morgan fingerprint density at radius 1 is 1.43 bits per heavy atom. The quantitative estimate of drug-likeness (QED) is 0.934. The van der Waals surface area contributed by atoms with Crippen LogP contribution in [0, 0.1) is 0 Å². The van der Waals surface area contributed by atoms with Gasteiger partial charge in [0.1, 0.15) is 9.88 Å². The number of thiazole rings is 1. The van der Waals surface area contributed by atoms with E-state index < -0.39 is 17.7 Å². The molecular weight excluding hydrogens is 307 g/mol. The van der Waals surface area contributed by atoms with E-state index >= 15 is 0 Å². The zero-order chi connectivity index (χ0) is 15.6. The molecule has 0 amide bonds. The molecule has 2 rings (SSSR count). The monoisotopic (exact) mass is 317 g/mol. The van der Waals surface area contributed by atoms with Crippen LogP contribution in [0.2, 0.25) is 0 Å². The van der Waals surface area contributed by atoms with Crippen molar-refractivity contribution in [1.82, 2.24) is 4.98 Å². The fourth-order valence-electron chi connectivity index (χ4n) is 1.71. The fraction of sp³-hybridized carbons (Fsp3) is 0.231. The number of alkyl halides is 3. The summed E-state index contributed by atoms with van der Waals surface area (Å²) >= 11 is 0.822. The maximum Gasteiger partial charge on any atom is 0.416 e. The Hall–Kier alpha value is -1.93. The van der Waals surface area contributed by atoms with Crippen molar-refractivity contribution >= 4 is 17.3 Å². The number of carboxylic acids is 1. The molecule has 1 N–H and O–H groups in total. The van der Waals surface area contributed by atoms with Crippen molar-refractivity contribution in [3.63, 3.8) is 0 Å². The highest BCUT2D eigenvalue weighted by atomic mass is 32.1.